The van der Waals surface area contributed by atoms with Crippen molar-refractivity contribution in [1.29, 1.82) is 0 Å². The van der Waals surface area contributed by atoms with Gasteiger partial charge in [-0.05, 0) is 39.0 Å². The summed E-state index contributed by atoms with van der Waals surface area (Å²) in [4.78, 5) is 24.8. The molecule has 0 rings (SSSR count). The van der Waals surface area contributed by atoms with E-state index in [0.29, 0.717) is 32.1 Å². The number of halogens is 4. The lowest BCUT2D eigenvalue weighted by atomic mass is 10.0. The zero-order valence-electron chi connectivity index (χ0n) is 13.9. The second kappa shape index (κ2) is 12.5. The van der Waals surface area contributed by atoms with Gasteiger partial charge in [-0.15, -0.1) is 0 Å². The average Bonchev–Trinajstić information content (AvgIpc) is 2.51. The first-order valence-corrected chi connectivity index (χ1v) is 9.62. The highest BCUT2D eigenvalue weighted by Gasteiger charge is 2.20. The average molecular weight is 408 g/mol. The van der Waals surface area contributed by atoms with Crippen molar-refractivity contribution in [3.63, 3.8) is 0 Å². The van der Waals surface area contributed by atoms with E-state index in [0.717, 1.165) is 19.3 Å². The van der Waals surface area contributed by atoms with Crippen molar-refractivity contribution in [2.24, 2.45) is 5.92 Å². The number of amides is 2. The van der Waals surface area contributed by atoms with Gasteiger partial charge in [0.25, 0.3) is 11.8 Å². The van der Waals surface area contributed by atoms with Crippen molar-refractivity contribution in [2.45, 2.75) is 49.7 Å². The number of hydrogen-bond donors (Lipinski definition) is 0. The molecule has 0 fully saturated rings. The molecule has 0 bridgehead atoms. The van der Waals surface area contributed by atoms with Crippen molar-refractivity contribution < 1.29 is 9.59 Å². The first kappa shape index (κ1) is 23.1. The van der Waals surface area contributed by atoms with Gasteiger partial charge in [0.1, 0.15) is 0 Å². The number of carbonyl (C=O) groups excluding carboxylic acids is 2. The van der Waals surface area contributed by atoms with Gasteiger partial charge < -0.3 is 9.80 Å². The Labute approximate surface area is 159 Å². The van der Waals surface area contributed by atoms with Crippen molar-refractivity contribution in [3.8, 4) is 0 Å². The zero-order chi connectivity index (χ0) is 18.0. The molecule has 23 heavy (non-hydrogen) atoms. The highest BCUT2D eigenvalue weighted by molar-refractivity contribution is 6.53. The summed E-state index contributed by atoms with van der Waals surface area (Å²) in [5.41, 5.74) is 0. The molecule has 0 aromatic rings. The molecule has 0 aliphatic heterocycles. The number of hydrogen-bond acceptors (Lipinski definition) is 2. The van der Waals surface area contributed by atoms with Crippen molar-refractivity contribution in [2.75, 3.05) is 26.2 Å². The van der Waals surface area contributed by atoms with Crippen LogP contribution in [0.25, 0.3) is 0 Å². The van der Waals surface area contributed by atoms with Gasteiger partial charge in [0.15, 0.2) is 9.67 Å². The Bertz CT molecular complexity index is 367. The molecular weight excluding hydrogens is 382 g/mol. The van der Waals surface area contributed by atoms with Gasteiger partial charge in [0.05, 0.1) is 0 Å². The summed E-state index contributed by atoms with van der Waals surface area (Å²) in [5, 5.41) is 0. The Hall–Kier alpha value is 0.1000. The maximum atomic E-state index is 11.8. The number of nitrogens with zero attached hydrogens (tertiary/aromatic N) is 2. The summed E-state index contributed by atoms with van der Waals surface area (Å²) >= 11 is 22.5. The van der Waals surface area contributed by atoms with Gasteiger partial charge in [-0.1, -0.05) is 53.3 Å². The quantitative estimate of drug-likeness (QED) is 0.483. The molecule has 8 heteroatoms. The number of alkyl halides is 4. The normalized spacial score (nSPS) is 12.6. The van der Waals surface area contributed by atoms with E-state index < -0.39 is 9.67 Å². The van der Waals surface area contributed by atoms with Gasteiger partial charge in [0, 0.05) is 26.2 Å². The highest BCUT2D eigenvalue weighted by Crippen LogP contribution is 2.15. The molecule has 0 aliphatic carbocycles. The molecule has 0 saturated heterocycles. The molecule has 0 heterocycles. The Kier molecular flexibility index (Phi) is 12.5. The molecule has 0 aromatic carbocycles. The molecule has 2 amide bonds. The van der Waals surface area contributed by atoms with E-state index in [2.05, 4.69) is 6.92 Å². The summed E-state index contributed by atoms with van der Waals surface area (Å²) in [6, 6.07) is 0. The maximum absolute atomic E-state index is 11.8. The van der Waals surface area contributed by atoms with Gasteiger partial charge in [-0.25, -0.2) is 0 Å². The van der Waals surface area contributed by atoms with E-state index in [4.69, 9.17) is 46.4 Å². The fraction of sp³-hybridized carbons (Fsp3) is 0.867. The van der Waals surface area contributed by atoms with Crippen molar-refractivity contribution in [3.05, 3.63) is 0 Å². The first-order chi connectivity index (χ1) is 10.7. The Morgan fingerprint density at radius 3 is 1.65 bits per heavy atom. The van der Waals surface area contributed by atoms with Crippen LogP contribution in [0.15, 0.2) is 0 Å². The summed E-state index contributed by atoms with van der Waals surface area (Å²) < 4.78 is 0. The van der Waals surface area contributed by atoms with E-state index in [1.54, 1.807) is 9.80 Å². The van der Waals surface area contributed by atoms with Crippen LogP contribution < -0.4 is 0 Å². The SMILES string of the molecule is CCN(CCC[C@H](C)CCN(CC)C(=O)C(Cl)Cl)C(=O)C(Cl)Cl. The standard InChI is InChI=1S/C15H26Cl4N2O2/c1-4-20(14(22)12(16)17)9-6-7-11(3)8-10-21(5-2)15(23)13(18)19/h11-13H,4-10H2,1-3H3/t11-/m0/s1. The predicted molar refractivity (Wildman–Crippen MR) is 98.5 cm³/mol. The largest absolute Gasteiger partial charge is 0.341 e. The second-order valence-electron chi connectivity index (χ2n) is 5.47. The smallest absolute Gasteiger partial charge is 0.255 e. The minimum atomic E-state index is -1.01. The van der Waals surface area contributed by atoms with E-state index in [1.807, 2.05) is 13.8 Å². The monoisotopic (exact) mass is 406 g/mol. The molecule has 0 spiro atoms. The lowest BCUT2D eigenvalue weighted by Gasteiger charge is -2.24. The van der Waals surface area contributed by atoms with E-state index >= 15 is 0 Å². The summed E-state index contributed by atoms with van der Waals surface area (Å²) in [7, 11) is 0. The third-order valence-electron chi connectivity index (χ3n) is 3.78. The Morgan fingerprint density at radius 2 is 1.26 bits per heavy atom. The van der Waals surface area contributed by atoms with Crippen LogP contribution in [0.1, 0.15) is 40.0 Å². The minimum absolute atomic E-state index is 0.249. The van der Waals surface area contributed by atoms with Crippen LogP contribution in [0.5, 0.6) is 0 Å². The number of rotatable bonds is 11. The van der Waals surface area contributed by atoms with Crippen LogP contribution in [0.2, 0.25) is 0 Å². The third-order valence-corrected chi connectivity index (χ3v) is 4.52. The molecule has 0 saturated carbocycles. The first-order valence-electron chi connectivity index (χ1n) is 7.88. The van der Waals surface area contributed by atoms with Gasteiger partial charge in [0.2, 0.25) is 0 Å². The van der Waals surface area contributed by atoms with Crippen LogP contribution in [-0.2, 0) is 9.59 Å². The minimum Gasteiger partial charge on any atom is -0.341 e. The molecule has 0 unspecified atom stereocenters. The Balaban J connectivity index is 4.13. The molecule has 136 valence electrons. The summed E-state index contributed by atoms with van der Waals surface area (Å²) in [6.45, 7) is 8.38. The van der Waals surface area contributed by atoms with Crippen LogP contribution >= 0.6 is 46.4 Å². The van der Waals surface area contributed by atoms with Gasteiger partial charge in [-0.3, -0.25) is 9.59 Å². The fourth-order valence-corrected chi connectivity index (χ4v) is 2.83. The summed E-state index contributed by atoms with van der Waals surface area (Å²) in [6.07, 6.45) is 2.69. The molecule has 4 nitrogen and oxygen atoms in total. The lowest BCUT2D eigenvalue weighted by Crippen LogP contribution is -2.36. The van der Waals surface area contributed by atoms with Crippen LogP contribution in [0.4, 0.5) is 0 Å². The van der Waals surface area contributed by atoms with Crippen molar-refractivity contribution in [1.82, 2.24) is 9.80 Å². The van der Waals surface area contributed by atoms with Crippen molar-refractivity contribution >= 4 is 58.2 Å². The molecule has 1 atom stereocenters. The molecule has 0 aromatic heterocycles. The molecule has 0 aliphatic rings. The lowest BCUT2D eigenvalue weighted by molar-refractivity contribution is -0.130. The molecular formula is C15H26Cl4N2O2. The number of carbonyl (C=O) groups is 2. The topological polar surface area (TPSA) is 40.6 Å². The maximum Gasteiger partial charge on any atom is 0.255 e. The summed E-state index contributed by atoms with van der Waals surface area (Å²) in [5.74, 6) is -0.0693. The highest BCUT2D eigenvalue weighted by atomic mass is 35.5. The molecule has 0 radical (unpaired) electrons. The van der Waals surface area contributed by atoms with E-state index in [9.17, 15) is 9.59 Å². The predicted octanol–water partition coefficient (Wildman–Crippen LogP) is 4.10. The second-order valence-corrected chi connectivity index (χ2v) is 7.67. The van der Waals surface area contributed by atoms with Crippen LogP contribution in [-0.4, -0.2) is 57.5 Å². The molecule has 0 N–H and O–H groups in total. The van der Waals surface area contributed by atoms with Crippen LogP contribution in [0, 0.1) is 5.92 Å². The van der Waals surface area contributed by atoms with E-state index in [1.165, 1.54) is 0 Å². The Morgan fingerprint density at radius 1 is 0.826 bits per heavy atom. The fourth-order valence-electron chi connectivity index (χ4n) is 2.28. The van der Waals surface area contributed by atoms with Crippen LogP contribution in [0.3, 0.4) is 0 Å². The third kappa shape index (κ3) is 9.23. The van der Waals surface area contributed by atoms with E-state index in [-0.39, 0.29) is 11.8 Å². The zero-order valence-corrected chi connectivity index (χ0v) is 16.9. The van der Waals surface area contributed by atoms with Gasteiger partial charge >= 0.3 is 0 Å². The van der Waals surface area contributed by atoms with Gasteiger partial charge in [-0.2, -0.15) is 0 Å².